The van der Waals surface area contributed by atoms with Gasteiger partial charge in [-0.25, -0.2) is 0 Å². The van der Waals surface area contributed by atoms with Crippen LogP contribution in [0.2, 0.25) is 0 Å². The molecule has 0 saturated carbocycles. The van der Waals surface area contributed by atoms with Crippen LogP contribution in [-0.4, -0.2) is 57.8 Å². The van der Waals surface area contributed by atoms with Crippen LogP contribution in [0, 0.1) is 0 Å². The number of amides is 1. The summed E-state index contributed by atoms with van der Waals surface area (Å²) in [6.07, 6.45) is 0. The first-order valence-electron chi connectivity index (χ1n) is 6.92. The molecule has 0 aromatic heterocycles. The normalized spacial score (nSPS) is 10.8. The van der Waals surface area contributed by atoms with Gasteiger partial charge in [-0.3, -0.25) is 4.79 Å². The number of benzene rings is 1. The second kappa shape index (κ2) is 10.4. The van der Waals surface area contributed by atoms with Gasteiger partial charge < -0.3 is 20.3 Å². The van der Waals surface area contributed by atoms with Crippen LogP contribution in [0.4, 0.5) is 0 Å². The summed E-state index contributed by atoms with van der Waals surface area (Å²) in [6.45, 7) is 3.84. The zero-order valence-electron chi connectivity index (χ0n) is 12.4. The molecular weight excluding hydrogens is 254 g/mol. The SMILES string of the molecule is CN(C)CCOCCNCC(=O)NCc1ccccc1. The molecule has 0 radical (unpaired) electrons. The Kier molecular flexibility index (Phi) is 8.62. The van der Waals surface area contributed by atoms with Gasteiger partial charge in [-0.15, -0.1) is 0 Å². The molecule has 1 aromatic rings. The Labute approximate surface area is 121 Å². The summed E-state index contributed by atoms with van der Waals surface area (Å²) < 4.78 is 5.42. The summed E-state index contributed by atoms with van der Waals surface area (Å²) in [6, 6.07) is 9.87. The Morgan fingerprint density at radius 1 is 1.20 bits per heavy atom. The van der Waals surface area contributed by atoms with Crippen LogP contribution in [0.15, 0.2) is 30.3 Å². The third-order valence-electron chi connectivity index (χ3n) is 2.72. The van der Waals surface area contributed by atoms with Crippen molar-refractivity contribution in [3.63, 3.8) is 0 Å². The lowest BCUT2D eigenvalue weighted by Gasteiger charge is -2.10. The maximum atomic E-state index is 11.6. The van der Waals surface area contributed by atoms with E-state index in [0.29, 0.717) is 26.2 Å². The molecule has 5 heteroatoms. The molecule has 0 aliphatic heterocycles. The van der Waals surface area contributed by atoms with Crippen molar-refractivity contribution in [2.24, 2.45) is 0 Å². The molecule has 0 spiro atoms. The van der Waals surface area contributed by atoms with Gasteiger partial charge in [0.25, 0.3) is 0 Å². The van der Waals surface area contributed by atoms with Crippen molar-refractivity contribution in [1.82, 2.24) is 15.5 Å². The molecule has 0 fully saturated rings. The van der Waals surface area contributed by atoms with Crippen LogP contribution in [0.25, 0.3) is 0 Å². The molecule has 0 heterocycles. The van der Waals surface area contributed by atoms with Crippen molar-refractivity contribution < 1.29 is 9.53 Å². The Morgan fingerprint density at radius 3 is 2.65 bits per heavy atom. The molecule has 1 amide bonds. The lowest BCUT2D eigenvalue weighted by Crippen LogP contribution is -2.35. The molecule has 5 nitrogen and oxygen atoms in total. The number of carbonyl (C=O) groups is 1. The topological polar surface area (TPSA) is 53.6 Å². The highest BCUT2D eigenvalue weighted by Gasteiger charge is 2.00. The minimum absolute atomic E-state index is 0.00199. The van der Waals surface area contributed by atoms with Gasteiger partial charge in [-0.1, -0.05) is 30.3 Å². The van der Waals surface area contributed by atoms with Crippen LogP contribution < -0.4 is 10.6 Å². The van der Waals surface area contributed by atoms with Crippen LogP contribution in [0.5, 0.6) is 0 Å². The van der Waals surface area contributed by atoms with Crippen molar-refractivity contribution in [2.75, 3.05) is 46.9 Å². The number of rotatable bonds is 10. The van der Waals surface area contributed by atoms with E-state index in [4.69, 9.17) is 4.74 Å². The largest absolute Gasteiger partial charge is 0.379 e. The summed E-state index contributed by atoms with van der Waals surface area (Å²) in [5, 5.41) is 5.93. The van der Waals surface area contributed by atoms with Crippen molar-refractivity contribution in [3.05, 3.63) is 35.9 Å². The third-order valence-corrected chi connectivity index (χ3v) is 2.72. The lowest BCUT2D eigenvalue weighted by atomic mass is 10.2. The van der Waals surface area contributed by atoms with E-state index in [1.165, 1.54) is 0 Å². The van der Waals surface area contributed by atoms with Gasteiger partial charge in [0.05, 0.1) is 19.8 Å². The average Bonchev–Trinajstić information content (AvgIpc) is 2.45. The molecular formula is C15H25N3O2. The number of hydrogen-bond donors (Lipinski definition) is 2. The van der Waals surface area contributed by atoms with E-state index in [0.717, 1.165) is 18.7 Å². The fourth-order valence-corrected chi connectivity index (χ4v) is 1.55. The average molecular weight is 279 g/mol. The minimum atomic E-state index is 0.00199. The first-order valence-corrected chi connectivity index (χ1v) is 6.92. The van der Waals surface area contributed by atoms with Gasteiger partial charge in [0.2, 0.25) is 5.91 Å². The highest BCUT2D eigenvalue weighted by Crippen LogP contribution is 1.96. The fraction of sp³-hybridized carbons (Fsp3) is 0.533. The predicted molar refractivity (Wildman–Crippen MR) is 80.5 cm³/mol. The zero-order chi connectivity index (χ0) is 14.6. The second-order valence-electron chi connectivity index (χ2n) is 4.85. The first kappa shape index (κ1) is 16.6. The number of nitrogens with one attached hydrogen (secondary N) is 2. The lowest BCUT2D eigenvalue weighted by molar-refractivity contribution is -0.120. The molecule has 1 aromatic carbocycles. The predicted octanol–water partition coefficient (Wildman–Crippen LogP) is 0.471. The maximum Gasteiger partial charge on any atom is 0.234 e. The van der Waals surface area contributed by atoms with E-state index < -0.39 is 0 Å². The molecule has 0 bridgehead atoms. The van der Waals surface area contributed by atoms with Crippen molar-refractivity contribution >= 4 is 5.91 Å². The highest BCUT2D eigenvalue weighted by molar-refractivity contribution is 5.77. The van der Waals surface area contributed by atoms with Crippen LogP contribution in [-0.2, 0) is 16.1 Å². The van der Waals surface area contributed by atoms with E-state index >= 15 is 0 Å². The van der Waals surface area contributed by atoms with Crippen molar-refractivity contribution in [3.8, 4) is 0 Å². The first-order chi connectivity index (χ1) is 9.68. The van der Waals surface area contributed by atoms with E-state index in [-0.39, 0.29) is 5.91 Å². The molecule has 0 aliphatic carbocycles. The number of nitrogens with zero attached hydrogens (tertiary/aromatic N) is 1. The molecule has 0 unspecified atom stereocenters. The molecule has 20 heavy (non-hydrogen) atoms. The summed E-state index contributed by atoms with van der Waals surface area (Å²) in [4.78, 5) is 13.6. The highest BCUT2D eigenvalue weighted by atomic mass is 16.5. The molecule has 0 saturated heterocycles. The number of likely N-dealkylation sites (N-methyl/N-ethyl adjacent to an activating group) is 1. The number of carbonyl (C=O) groups excluding carboxylic acids is 1. The van der Waals surface area contributed by atoms with Gasteiger partial charge in [0, 0.05) is 19.6 Å². The van der Waals surface area contributed by atoms with Crippen LogP contribution >= 0.6 is 0 Å². The Morgan fingerprint density at radius 2 is 1.95 bits per heavy atom. The summed E-state index contributed by atoms with van der Waals surface area (Å²) in [5.41, 5.74) is 1.10. The molecule has 112 valence electrons. The van der Waals surface area contributed by atoms with Gasteiger partial charge in [-0.05, 0) is 19.7 Å². The molecule has 0 aliphatic rings. The van der Waals surface area contributed by atoms with Crippen molar-refractivity contribution in [1.29, 1.82) is 0 Å². The molecule has 2 N–H and O–H groups in total. The summed E-state index contributed by atoms with van der Waals surface area (Å²) in [7, 11) is 4.03. The third kappa shape index (κ3) is 8.63. The molecule has 1 rings (SSSR count). The Balaban J connectivity index is 1.95. The fourth-order valence-electron chi connectivity index (χ4n) is 1.55. The van der Waals surface area contributed by atoms with E-state index in [2.05, 4.69) is 15.5 Å². The van der Waals surface area contributed by atoms with Gasteiger partial charge in [0.1, 0.15) is 0 Å². The Bertz CT molecular complexity index is 369. The minimum Gasteiger partial charge on any atom is -0.379 e. The number of ether oxygens (including phenoxy) is 1. The monoisotopic (exact) mass is 279 g/mol. The van der Waals surface area contributed by atoms with Gasteiger partial charge in [-0.2, -0.15) is 0 Å². The van der Waals surface area contributed by atoms with E-state index in [9.17, 15) is 4.79 Å². The second-order valence-corrected chi connectivity index (χ2v) is 4.85. The smallest absolute Gasteiger partial charge is 0.234 e. The van der Waals surface area contributed by atoms with Crippen molar-refractivity contribution in [2.45, 2.75) is 6.54 Å². The standard InChI is InChI=1S/C15H25N3O2/c1-18(2)9-11-20-10-8-16-13-15(19)17-12-14-6-4-3-5-7-14/h3-7,16H,8-13H2,1-2H3,(H,17,19). The summed E-state index contributed by atoms with van der Waals surface area (Å²) >= 11 is 0. The molecule has 0 atom stereocenters. The van der Waals surface area contributed by atoms with Crippen LogP contribution in [0.3, 0.4) is 0 Å². The van der Waals surface area contributed by atoms with E-state index in [1.54, 1.807) is 0 Å². The van der Waals surface area contributed by atoms with Crippen LogP contribution in [0.1, 0.15) is 5.56 Å². The number of hydrogen-bond acceptors (Lipinski definition) is 4. The maximum absolute atomic E-state index is 11.6. The summed E-state index contributed by atoms with van der Waals surface area (Å²) in [5.74, 6) is 0.00199. The zero-order valence-corrected chi connectivity index (χ0v) is 12.4. The van der Waals surface area contributed by atoms with E-state index in [1.807, 2.05) is 44.4 Å². The van der Waals surface area contributed by atoms with Gasteiger partial charge in [0.15, 0.2) is 0 Å². The quantitative estimate of drug-likeness (QED) is 0.611. The Hall–Kier alpha value is -1.43. The van der Waals surface area contributed by atoms with Gasteiger partial charge >= 0.3 is 0 Å².